The highest BCUT2D eigenvalue weighted by Gasteiger charge is 2.27. The second-order valence-corrected chi connectivity index (χ2v) is 3.81. The topological polar surface area (TPSA) is 46.3 Å². The van der Waals surface area contributed by atoms with E-state index in [4.69, 9.17) is 18.0 Å². The van der Waals surface area contributed by atoms with E-state index >= 15 is 0 Å². The molecule has 3 nitrogen and oxygen atoms in total. The van der Waals surface area contributed by atoms with Crippen LogP contribution in [0.15, 0.2) is 0 Å². The van der Waals surface area contributed by atoms with Gasteiger partial charge < -0.3 is 10.6 Å². The average molecular weight is 186 g/mol. The highest BCUT2D eigenvalue weighted by Crippen LogP contribution is 2.27. The minimum absolute atomic E-state index is 0.189. The summed E-state index contributed by atoms with van der Waals surface area (Å²) in [6.45, 7) is 0.407. The van der Waals surface area contributed by atoms with E-state index in [1.807, 2.05) is 0 Å². The fraction of sp³-hybridized carbons (Fsp3) is 0.750. The van der Waals surface area contributed by atoms with E-state index in [0.29, 0.717) is 11.5 Å². The molecule has 0 aromatic heterocycles. The first-order valence-corrected chi connectivity index (χ1v) is 4.55. The summed E-state index contributed by atoms with van der Waals surface area (Å²) in [6.07, 6.45) is 3.23. The van der Waals surface area contributed by atoms with Crippen LogP contribution in [-0.4, -0.2) is 29.4 Å². The Morgan fingerprint density at radius 2 is 2.25 bits per heavy atom. The average Bonchev–Trinajstić information content (AvgIpc) is 1.81. The molecule has 1 rings (SSSR count). The third-order valence-electron chi connectivity index (χ3n) is 2.22. The largest absolute Gasteiger partial charge is 0.392 e. The molecule has 2 N–H and O–H groups in total. The second-order valence-electron chi connectivity index (χ2n) is 3.29. The van der Waals surface area contributed by atoms with Gasteiger partial charge in [0.05, 0.1) is 11.5 Å². The Hall–Kier alpha value is -0.640. The van der Waals surface area contributed by atoms with Gasteiger partial charge in [-0.3, -0.25) is 4.79 Å². The first kappa shape index (κ1) is 9.45. The molecule has 0 bridgehead atoms. The summed E-state index contributed by atoms with van der Waals surface area (Å²) in [7, 11) is 1.75. The summed E-state index contributed by atoms with van der Waals surface area (Å²) in [5.74, 6) is 0.429. The van der Waals surface area contributed by atoms with Gasteiger partial charge in [0.25, 0.3) is 0 Å². The van der Waals surface area contributed by atoms with E-state index in [2.05, 4.69) is 0 Å². The summed E-state index contributed by atoms with van der Waals surface area (Å²) in [6, 6.07) is 0. The van der Waals surface area contributed by atoms with Gasteiger partial charge in [-0.25, -0.2) is 0 Å². The number of rotatable bonds is 3. The number of hydrogen-bond acceptors (Lipinski definition) is 2. The number of carbonyl (C=O) groups is 1. The molecule has 0 aromatic rings. The molecule has 1 aliphatic rings. The van der Waals surface area contributed by atoms with Crippen molar-refractivity contribution in [2.24, 2.45) is 11.7 Å². The molecule has 0 atom stereocenters. The standard InChI is InChI=1S/C8H14N2OS/c1-10(5-7(9)12)8(11)6-3-2-4-6/h6H,2-5H2,1H3,(H2,9,12). The van der Waals surface area contributed by atoms with Crippen LogP contribution in [0.1, 0.15) is 19.3 Å². The minimum atomic E-state index is 0.189. The maximum Gasteiger partial charge on any atom is 0.225 e. The fourth-order valence-corrected chi connectivity index (χ4v) is 1.47. The summed E-state index contributed by atoms with van der Waals surface area (Å²) >= 11 is 4.72. The van der Waals surface area contributed by atoms with Crippen molar-refractivity contribution in [2.75, 3.05) is 13.6 Å². The molecule has 0 spiro atoms. The Labute approximate surface area is 77.9 Å². The van der Waals surface area contributed by atoms with E-state index in [-0.39, 0.29) is 11.8 Å². The maximum absolute atomic E-state index is 11.5. The monoisotopic (exact) mass is 186 g/mol. The SMILES string of the molecule is CN(CC(N)=S)C(=O)C1CCC1. The van der Waals surface area contributed by atoms with Crippen molar-refractivity contribution in [1.82, 2.24) is 4.90 Å². The van der Waals surface area contributed by atoms with Gasteiger partial charge in [-0.15, -0.1) is 0 Å². The second kappa shape index (κ2) is 3.85. The number of thiocarbonyl (C=S) groups is 1. The van der Waals surface area contributed by atoms with Crippen LogP contribution in [0.5, 0.6) is 0 Å². The molecule has 0 aliphatic heterocycles. The van der Waals surface area contributed by atoms with Crippen molar-refractivity contribution in [2.45, 2.75) is 19.3 Å². The molecule has 0 aromatic carbocycles. The third kappa shape index (κ3) is 2.17. The van der Waals surface area contributed by atoms with E-state index in [9.17, 15) is 4.79 Å². The van der Waals surface area contributed by atoms with Crippen molar-refractivity contribution in [1.29, 1.82) is 0 Å². The van der Waals surface area contributed by atoms with E-state index in [1.54, 1.807) is 11.9 Å². The normalized spacial score (nSPS) is 16.8. The Morgan fingerprint density at radius 1 is 1.67 bits per heavy atom. The number of hydrogen-bond donors (Lipinski definition) is 1. The van der Waals surface area contributed by atoms with Gasteiger partial charge in [-0.05, 0) is 12.8 Å². The lowest BCUT2D eigenvalue weighted by Crippen LogP contribution is -2.40. The fourth-order valence-electron chi connectivity index (χ4n) is 1.28. The van der Waals surface area contributed by atoms with Crippen LogP contribution in [0.2, 0.25) is 0 Å². The Kier molecular flexibility index (Phi) is 3.03. The predicted octanol–water partition coefficient (Wildman–Crippen LogP) is 0.531. The Bertz CT molecular complexity index is 201. The smallest absolute Gasteiger partial charge is 0.225 e. The maximum atomic E-state index is 11.5. The van der Waals surface area contributed by atoms with Crippen LogP contribution in [0.4, 0.5) is 0 Å². The number of nitrogens with zero attached hydrogens (tertiary/aromatic N) is 1. The zero-order chi connectivity index (χ0) is 9.14. The molecule has 4 heteroatoms. The molecule has 1 aliphatic carbocycles. The van der Waals surface area contributed by atoms with Crippen LogP contribution in [0, 0.1) is 5.92 Å². The highest BCUT2D eigenvalue weighted by atomic mass is 32.1. The summed E-state index contributed by atoms with van der Waals surface area (Å²) < 4.78 is 0. The van der Waals surface area contributed by atoms with Gasteiger partial charge >= 0.3 is 0 Å². The summed E-state index contributed by atoms with van der Waals surface area (Å²) in [4.78, 5) is 13.5. The van der Waals surface area contributed by atoms with Crippen LogP contribution in [0.25, 0.3) is 0 Å². The first-order valence-electron chi connectivity index (χ1n) is 4.14. The highest BCUT2D eigenvalue weighted by molar-refractivity contribution is 7.80. The number of likely N-dealkylation sites (N-methyl/N-ethyl adjacent to an activating group) is 1. The molecule has 1 amide bonds. The Balaban J connectivity index is 2.34. The van der Waals surface area contributed by atoms with Crippen molar-refractivity contribution in [3.05, 3.63) is 0 Å². The van der Waals surface area contributed by atoms with Crippen LogP contribution in [0.3, 0.4) is 0 Å². The zero-order valence-electron chi connectivity index (χ0n) is 7.25. The van der Waals surface area contributed by atoms with Crippen LogP contribution < -0.4 is 5.73 Å². The summed E-state index contributed by atoms with van der Waals surface area (Å²) in [5, 5.41) is 0. The van der Waals surface area contributed by atoms with E-state index < -0.39 is 0 Å². The van der Waals surface area contributed by atoms with Crippen LogP contribution >= 0.6 is 12.2 Å². The molecule has 0 heterocycles. The van der Waals surface area contributed by atoms with Gasteiger partial charge in [0, 0.05) is 13.0 Å². The zero-order valence-corrected chi connectivity index (χ0v) is 8.06. The molecular weight excluding hydrogens is 172 g/mol. The molecule has 12 heavy (non-hydrogen) atoms. The van der Waals surface area contributed by atoms with E-state index in [0.717, 1.165) is 12.8 Å². The van der Waals surface area contributed by atoms with Crippen molar-refractivity contribution < 1.29 is 4.79 Å². The van der Waals surface area contributed by atoms with Crippen molar-refractivity contribution in [3.8, 4) is 0 Å². The van der Waals surface area contributed by atoms with Gasteiger partial charge in [-0.1, -0.05) is 18.6 Å². The predicted molar refractivity (Wildman–Crippen MR) is 51.8 cm³/mol. The number of carbonyl (C=O) groups excluding carboxylic acids is 1. The molecule has 0 saturated heterocycles. The van der Waals surface area contributed by atoms with Crippen molar-refractivity contribution in [3.63, 3.8) is 0 Å². The lowest BCUT2D eigenvalue weighted by molar-refractivity contribution is -0.136. The van der Waals surface area contributed by atoms with Gasteiger partial charge in [0.2, 0.25) is 5.91 Å². The third-order valence-corrected chi connectivity index (χ3v) is 2.35. The quantitative estimate of drug-likeness (QED) is 0.654. The molecular formula is C8H14N2OS. The molecule has 1 fully saturated rings. The van der Waals surface area contributed by atoms with Gasteiger partial charge in [0.15, 0.2) is 0 Å². The van der Waals surface area contributed by atoms with Crippen molar-refractivity contribution >= 4 is 23.1 Å². The lowest BCUT2D eigenvalue weighted by Gasteiger charge is -2.28. The lowest BCUT2D eigenvalue weighted by atomic mass is 9.84. The van der Waals surface area contributed by atoms with Gasteiger partial charge in [0.1, 0.15) is 0 Å². The summed E-state index contributed by atoms with van der Waals surface area (Å²) in [5.41, 5.74) is 5.33. The first-order chi connectivity index (χ1) is 5.61. The molecule has 0 unspecified atom stereocenters. The van der Waals surface area contributed by atoms with Gasteiger partial charge in [-0.2, -0.15) is 0 Å². The van der Waals surface area contributed by atoms with E-state index in [1.165, 1.54) is 6.42 Å². The molecule has 1 saturated carbocycles. The Morgan fingerprint density at radius 3 is 2.58 bits per heavy atom. The number of amides is 1. The molecule has 0 radical (unpaired) electrons. The number of nitrogens with two attached hydrogens (primary N) is 1. The van der Waals surface area contributed by atoms with Crippen LogP contribution in [-0.2, 0) is 4.79 Å². The minimum Gasteiger partial charge on any atom is -0.392 e. The molecule has 68 valence electrons.